The summed E-state index contributed by atoms with van der Waals surface area (Å²) in [5.41, 5.74) is -5.12. The molecule has 1 aromatic carbocycles. The lowest BCUT2D eigenvalue weighted by molar-refractivity contribution is -0.163. The van der Waals surface area contributed by atoms with Crippen molar-refractivity contribution in [3.63, 3.8) is 0 Å². The van der Waals surface area contributed by atoms with Gasteiger partial charge in [0.1, 0.15) is 11.9 Å². The highest BCUT2D eigenvalue weighted by Crippen LogP contribution is 2.67. The highest BCUT2D eigenvalue weighted by molar-refractivity contribution is 6.36. The Hall–Kier alpha value is -2.83. The molecule has 1 aliphatic heterocycles. The maximum absolute atomic E-state index is 15.0. The average Bonchev–Trinajstić information content (AvgIpc) is 3.29. The van der Waals surface area contributed by atoms with E-state index in [-0.39, 0.29) is 12.8 Å². The molecule has 0 spiro atoms. The van der Waals surface area contributed by atoms with Crippen LogP contribution in [-0.2, 0) is 14.3 Å². The molecule has 1 fully saturated rings. The molecule has 0 aromatic heterocycles. The molecule has 3 aliphatic rings. The van der Waals surface area contributed by atoms with Crippen molar-refractivity contribution in [1.82, 2.24) is 0 Å². The van der Waals surface area contributed by atoms with Gasteiger partial charge in [0.2, 0.25) is 0 Å². The smallest absolute Gasteiger partial charge is 0.184 e. The molecule has 2 bridgehead atoms. The zero-order valence-electron chi connectivity index (χ0n) is 24.4. The van der Waals surface area contributed by atoms with Crippen LogP contribution in [0.15, 0.2) is 65.5 Å². The molecule has 1 heterocycles. The lowest BCUT2D eigenvalue weighted by Gasteiger charge is -2.58. The van der Waals surface area contributed by atoms with Gasteiger partial charge in [-0.05, 0) is 65.7 Å². The van der Waals surface area contributed by atoms with E-state index in [1.165, 1.54) is 0 Å². The van der Waals surface area contributed by atoms with Crippen LogP contribution >= 0.6 is 0 Å². The van der Waals surface area contributed by atoms with Crippen LogP contribution in [-0.4, -0.2) is 44.9 Å². The van der Waals surface area contributed by atoms with Crippen molar-refractivity contribution in [1.29, 1.82) is 0 Å². The Balaban J connectivity index is 2.07. The topological polar surface area (TPSA) is 101 Å². The fourth-order valence-corrected chi connectivity index (χ4v) is 6.61. The highest BCUT2D eigenvalue weighted by Gasteiger charge is 2.76. The monoisotopic (exact) mass is 534 g/mol. The van der Waals surface area contributed by atoms with Crippen LogP contribution in [0.4, 0.5) is 0 Å². The zero-order chi connectivity index (χ0) is 29.2. The maximum Gasteiger partial charge on any atom is 0.184 e. The summed E-state index contributed by atoms with van der Waals surface area (Å²) in [4.78, 5) is 44.4. The van der Waals surface area contributed by atoms with Crippen molar-refractivity contribution >= 4 is 17.3 Å². The summed E-state index contributed by atoms with van der Waals surface area (Å²) in [6.07, 6.45) is 5.49. The van der Waals surface area contributed by atoms with Crippen molar-refractivity contribution in [3.05, 3.63) is 71.0 Å². The normalized spacial score (nSPS) is 30.3. The number of allylic oxidation sites excluding steroid dienone is 4. The van der Waals surface area contributed by atoms with E-state index in [0.717, 1.165) is 5.57 Å². The van der Waals surface area contributed by atoms with Crippen molar-refractivity contribution in [2.24, 2.45) is 22.2 Å². The van der Waals surface area contributed by atoms with Gasteiger partial charge in [-0.1, -0.05) is 68.0 Å². The Morgan fingerprint density at radius 2 is 1.69 bits per heavy atom. The standard InChI is InChI=1S/C33H42O6/c1-20(2)14-17-32-19-22(15-16-29(3,4)37)30(5,6)33(28(32)36,25(34)21-12-10-9-11-13-21)26(35)23-18-24(31(7,8)38)39-27(23)32/h9-16,22,24,37-38H,17-19H2,1-8H3/t22-,24+,32+,33-/m1/s1. The Morgan fingerprint density at radius 3 is 2.23 bits per heavy atom. The Morgan fingerprint density at radius 1 is 1.08 bits per heavy atom. The van der Waals surface area contributed by atoms with E-state index >= 15 is 4.79 Å². The minimum absolute atomic E-state index is 0.131. The fraction of sp³-hybridized carbons (Fsp3) is 0.545. The summed E-state index contributed by atoms with van der Waals surface area (Å²) in [5.74, 6) is -1.58. The lowest BCUT2D eigenvalue weighted by atomic mass is 9.39. The van der Waals surface area contributed by atoms with Gasteiger partial charge in [0, 0.05) is 17.6 Å². The molecule has 1 aromatic rings. The molecule has 0 amide bonds. The molecule has 1 saturated carbocycles. The van der Waals surface area contributed by atoms with E-state index in [2.05, 4.69) is 0 Å². The Labute approximate surface area is 231 Å². The number of fused-ring (bicyclic) bond motifs is 3. The molecule has 0 unspecified atom stereocenters. The second-order valence-corrected chi connectivity index (χ2v) is 13.5. The molecule has 0 saturated heterocycles. The molecular weight excluding hydrogens is 492 g/mol. The molecule has 4 atom stereocenters. The van der Waals surface area contributed by atoms with Crippen molar-refractivity contribution in [3.8, 4) is 0 Å². The van der Waals surface area contributed by atoms with Gasteiger partial charge in [0.05, 0.1) is 16.6 Å². The quantitative estimate of drug-likeness (QED) is 0.271. The van der Waals surface area contributed by atoms with Crippen LogP contribution < -0.4 is 0 Å². The third-order valence-corrected chi connectivity index (χ3v) is 8.97. The van der Waals surface area contributed by atoms with Gasteiger partial charge in [0.15, 0.2) is 22.8 Å². The molecule has 4 rings (SSSR count). The fourth-order valence-electron chi connectivity index (χ4n) is 6.61. The number of carbonyl (C=O) groups is 3. The second-order valence-electron chi connectivity index (χ2n) is 13.5. The third-order valence-electron chi connectivity index (χ3n) is 8.97. The lowest BCUT2D eigenvalue weighted by Crippen LogP contribution is -2.69. The summed E-state index contributed by atoms with van der Waals surface area (Å²) in [6, 6.07) is 8.55. The first kappa shape index (κ1) is 29.2. The first-order valence-electron chi connectivity index (χ1n) is 13.8. The summed E-state index contributed by atoms with van der Waals surface area (Å²) in [6.45, 7) is 14.1. The van der Waals surface area contributed by atoms with Crippen LogP contribution in [0.2, 0.25) is 0 Å². The van der Waals surface area contributed by atoms with Crippen molar-refractivity contribution in [2.45, 2.75) is 92.0 Å². The average molecular weight is 535 g/mol. The molecule has 6 heteroatoms. The van der Waals surface area contributed by atoms with Gasteiger partial charge >= 0.3 is 0 Å². The molecule has 6 nitrogen and oxygen atoms in total. The molecule has 2 N–H and O–H groups in total. The first-order valence-corrected chi connectivity index (χ1v) is 13.8. The van der Waals surface area contributed by atoms with E-state index in [4.69, 9.17) is 4.74 Å². The van der Waals surface area contributed by atoms with E-state index in [1.54, 1.807) is 64.1 Å². The van der Waals surface area contributed by atoms with E-state index in [0.29, 0.717) is 23.3 Å². The minimum atomic E-state index is -1.99. The largest absolute Gasteiger partial charge is 0.490 e. The van der Waals surface area contributed by atoms with Crippen LogP contribution in [0, 0.1) is 22.2 Å². The Kier molecular flexibility index (Phi) is 7.01. The van der Waals surface area contributed by atoms with Gasteiger partial charge in [-0.3, -0.25) is 14.4 Å². The molecule has 2 aliphatic carbocycles. The number of Topliss-reactive ketones (excluding diaryl/α,β-unsaturated/α-hetero) is 3. The van der Waals surface area contributed by atoms with Crippen LogP contribution in [0.5, 0.6) is 0 Å². The molecule has 210 valence electrons. The number of benzene rings is 1. The highest BCUT2D eigenvalue weighted by atomic mass is 16.5. The number of ketones is 3. The Bertz CT molecular complexity index is 1280. The zero-order valence-corrected chi connectivity index (χ0v) is 24.4. The van der Waals surface area contributed by atoms with E-state index in [9.17, 15) is 19.8 Å². The minimum Gasteiger partial charge on any atom is -0.490 e. The SMILES string of the molecule is CC(C)=CC[C@]12C[C@@H](C=CC(C)(C)O)C(C)(C)[C@](C(=O)c3ccccc3)(C(=O)C3=C1O[C@H](C(C)(C)O)C3)C2=O. The van der Waals surface area contributed by atoms with Crippen LogP contribution in [0.1, 0.15) is 85.0 Å². The summed E-state index contributed by atoms with van der Waals surface area (Å²) in [7, 11) is 0. The number of aliphatic hydroxyl groups is 2. The van der Waals surface area contributed by atoms with Crippen LogP contribution in [0.3, 0.4) is 0 Å². The van der Waals surface area contributed by atoms with Gasteiger partial charge < -0.3 is 14.9 Å². The summed E-state index contributed by atoms with van der Waals surface area (Å²) < 4.78 is 6.36. The maximum atomic E-state index is 15.0. The number of carbonyl (C=O) groups excluding carboxylic acids is 3. The van der Waals surface area contributed by atoms with E-state index < -0.39 is 56.8 Å². The third kappa shape index (κ3) is 4.46. The van der Waals surface area contributed by atoms with Crippen molar-refractivity contribution in [2.75, 3.05) is 0 Å². The molecular formula is C33H42O6. The number of rotatable bonds is 7. The summed E-state index contributed by atoms with van der Waals surface area (Å²) in [5, 5.41) is 21.4. The first-order chi connectivity index (χ1) is 17.9. The van der Waals surface area contributed by atoms with E-state index in [1.807, 2.05) is 39.8 Å². The van der Waals surface area contributed by atoms with Crippen LogP contribution in [0.25, 0.3) is 0 Å². The molecule has 39 heavy (non-hydrogen) atoms. The number of ether oxygens (including phenoxy) is 1. The molecule has 0 radical (unpaired) electrons. The predicted octanol–water partition coefficient (Wildman–Crippen LogP) is 5.54. The van der Waals surface area contributed by atoms with Gasteiger partial charge in [-0.15, -0.1) is 0 Å². The second kappa shape index (κ2) is 9.38. The van der Waals surface area contributed by atoms with Gasteiger partial charge in [-0.25, -0.2) is 0 Å². The summed E-state index contributed by atoms with van der Waals surface area (Å²) >= 11 is 0. The van der Waals surface area contributed by atoms with Gasteiger partial charge in [0.25, 0.3) is 0 Å². The number of hydrogen-bond donors (Lipinski definition) is 2. The van der Waals surface area contributed by atoms with Crippen molar-refractivity contribution < 1.29 is 29.3 Å². The van der Waals surface area contributed by atoms with Gasteiger partial charge in [-0.2, -0.15) is 0 Å². The number of hydrogen-bond acceptors (Lipinski definition) is 6. The predicted molar refractivity (Wildman–Crippen MR) is 150 cm³/mol.